The van der Waals surface area contributed by atoms with E-state index < -0.39 is 5.96 Å². The zero-order valence-corrected chi connectivity index (χ0v) is 36.2. The molecule has 0 fully saturated rings. The van der Waals surface area contributed by atoms with Crippen LogP contribution in [0, 0.1) is 0 Å². The van der Waals surface area contributed by atoms with Crippen LogP contribution in [0.25, 0.3) is 0 Å². The molecule has 0 nitrogen and oxygen atoms in total. The molecule has 0 rings (SSSR count). The Kier molecular flexibility index (Phi) is 38.0. The molecular weight excluding hydrogens is 619 g/mol. The van der Waals surface area contributed by atoms with Gasteiger partial charge in [0.05, 0.1) is 0 Å². The number of hydrogen-bond acceptors (Lipinski definition) is 0. The molecule has 0 unspecified atom stereocenters. The average molecular weight is 716 g/mol. The van der Waals surface area contributed by atoms with Crippen LogP contribution in [0.15, 0.2) is 0 Å². The zero-order chi connectivity index (χ0) is 35.1. The Bertz CT molecular complexity index is 553. The van der Waals surface area contributed by atoms with Gasteiger partial charge in [0.25, 0.3) is 0 Å². The third-order valence-electron chi connectivity index (χ3n) is 11.8. The molecule has 48 heavy (non-hydrogen) atoms. The van der Waals surface area contributed by atoms with Gasteiger partial charge < -0.3 is 0 Å². The topological polar surface area (TPSA) is 0 Å². The standard InChI is InChI=1S/C46H96ClP/c1-5-9-13-17-19-21-23-25-27-29-31-33-37-41-45-48(47,43-39-35-15-11-7-3,44-40-36-16-12-8-4)46-42-38-34-32-30-28-26-24-22-20-18-14-10-6-2/h5-46H2,1-4H3. The van der Waals surface area contributed by atoms with Gasteiger partial charge in [-0.1, -0.05) is 52.4 Å². The van der Waals surface area contributed by atoms with Gasteiger partial charge in [-0.3, -0.25) is 0 Å². The Hall–Kier alpha value is 0.720. The molecule has 0 aliphatic rings. The molecular formula is C46H96ClP. The van der Waals surface area contributed by atoms with Crippen molar-refractivity contribution in [1.82, 2.24) is 0 Å². The smallest absolute Gasteiger partial charge is 0.0654 e. The molecule has 0 aromatic heterocycles. The summed E-state index contributed by atoms with van der Waals surface area (Å²) in [6.07, 6.45) is 60.3. The third kappa shape index (κ3) is 32.6. The first-order valence-corrected chi connectivity index (χ1v) is 27.1. The van der Waals surface area contributed by atoms with E-state index in [1.54, 1.807) is 0 Å². The van der Waals surface area contributed by atoms with Gasteiger partial charge in [-0.2, -0.15) is 0 Å². The van der Waals surface area contributed by atoms with Gasteiger partial charge in [0.15, 0.2) is 0 Å². The van der Waals surface area contributed by atoms with Crippen molar-refractivity contribution < 1.29 is 0 Å². The number of unbranched alkanes of at least 4 members (excludes halogenated alkanes) is 34. The van der Waals surface area contributed by atoms with E-state index >= 15 is 0 Å². The quantitative estimate of drug-likeness (QED) is 0.0436. The van der Waals surface area contributed by atoms with Crippen LogP contribution in [-0.4, -0.2) is 24.6 Å². The second kappa shape index (κ2) is 37.5. The van der Waals surface area contributed by atoms with Crippen LogP contribution in [0.3, 0.4) is 0 Å². The van der Waals surface area contributed by atoms with Gasteiger partial charge in [-0.05, 0) is 0 Å². The fourth-order valence-corrected chi connectivity index (χ4v) is 15.1. The minimum absolute atomic E-state index is 1.35. The zero-order valence-electron chi connectivity index (χ0n) is 34.5. The first-order valence-electron chi connectivity index (χ1n) is 23.3. The van der Waals surface area contributed by atoms with Gasteiger partial charge in [0.2, 0.25) is 0 Å². The van der Waals surface area contributed by atoms with E-state index in [2.05, 4.69) is 27.7 Å². The van der Waals surface area contributed by atoms with Gasteiger partial charge in [0, 0.05) is 0 Å². The van der Waals surface area contributed by atoms with Crippen LogP contribution in [-0.2, 0) is 0 Å². The van der Waals surface area contributed by atoms with E-state index in [1.165, 1.54) is 269 Å². The van der Waals surface area contributed by atoms with E-state index in [0.29, 0.717) is 0 Å². The van der Waals surface area contributed by atoms with Crippen molar-refractivity contribution >= 4 is 17.2 Å². The molecule has 0 aliphatic carbocycles. The van der Waals surface area contributed by atoms with Crippen molar-refractivity contribution in [1.29, 1.82) is 0 Å². The Labute approximate surface area is 312 Å². The fraction of sp³-hybridized carbons (Fsp3) is 1.00. The summed E-state index contributed by atoms with van der Waals surface area (Å²) in [5.41, 5.74) is 0. The Morgan fingerprint density at radius 3 is 0.479 bits per heavy atom. The molecule has 2 heteroatoms. The molecule has 0 amide bonds. The summed E-state index contributed by atoms with van der Waals surface area (Å²) in [4.78, 5) is 0. The van der Waals surface area contributed by atoms with Gasteiger partial charge in [0.1, 0.15) is 0 Å². The molecule has 0 radical (unpaired) electrons. The summed E-state index contributed by atoms with van der Waals surface area (Å²) >= 11 is 8.26. The van der Waals surface area contributed by atoms with Gasteiger partial charge in [-0.25, -0.2) is 0 Å². The normalized spacial score (nSPS) is 12.9. The second-order valence-electron chi connectivity index (χ2n) is 16.7. The monoisotopic (exact) mass is 715 g/mol. The van der Waals surface area contributed by atoms with Crippen LogP contribution in [0.4, 0.5) is 0 Å². The maximum absolute atomic E-state index is 8.26. The van der Waals surface area contributed by atoms with Crippen LogP contribution in [0.1, 0.15) is 272 Å². The second-order valence-corrected chi connectivity index (χ2v) is 25.0. The van der Waals surface area contributed by atoms with E-state index in [1.807, 2.05) is 0 Å². The average Bonchev–Trinajstić information content (AvgIpc) is 3.08. The minimum Gasteiger partial charge on any atom is -0.0654 e. The predicted octanol–water partition coefficient (Wildman–Crippen LogP) is 18.6. The molecule has 0 aliphatic heterocycles. The molecule has 0 saturated carbocycles. The van der Waals surface area contributed by atoms with Crippen LogP contribution < -0.4 is 0 Å². The summed E-state index contributed by atoms with van der Waals surface area (Å²) in [6.45, 7) is 9.34. The first-order chi connectivity index (χ1) is 23.5. The van der Waals surface area contributed by atoms with E-state index in [0.717, 1.165) is 0 Å². The van der Waals surface area contributed by atoms with Crippen molar-refractivity contribution in [3.8, 4) is 0 Å². The Morgan fingerprint density at radius 2 is 0.333 bits per heavy atom. The van der Waals surface area contributed by atoms with Crippen LogP contribution >= 0.6 is 17.2 Å². The SMILES string of the molecule is CCCCCCCCCCCCCCCCP(Cl)(CCCCCCC)(CCCCCCC)CCCCCCCCCCCCCCCC. The van der Waals surface area contributed by atoms with E-state index in [9.17, 15) is 0 Å². The van der Waals surface area contributed by atoms with Crippen molar-refractivity contribution in [3.05, 3.63) is 0 Å². The Balaban J connectivity index is 4.63. The Morgan fingerprint density at radius 1 is 0.208 bits per heavy atom. The van der Waals surface area contributed by atoms with Crippen LogP contribution in [0.2, 0.25) is 0 Å². The summed E-state index contributed by atoms with van der Waals surface area (Å²) in [5, 5.41) is 0. The number of rotatable bonds is 42. The van der Waals surface area contributed by atoms with E-state index in [-0.39, 0.29) is 0 Å². The van der Waals surface area contributed by atoms with Crippen molar-refractivity contribution in [3.63, 3.8) is 0 Å². The molecule has 0 N–H and O–H groups in total. The molecule has 0 saturated heterocycles. The molecule has 0 aromatic rings. The maximum atomic E-state index is 8.26. The van der Waals surface area contributed by atoms with Crippen molar-refractivity contribution in [2.24, 2.45) is 0 Å². The van der Waals surface area contributed by atoms with Crippen molar-refractivity contribution in [2.75, 3.05) is 24.6 Å². The third-order valence-corrected chi connectivity index (χ3v) is 19.5. The summed E-state index contributed by atoms with van der Waals surface area (Å²) in [7, 11) is 0. The first kappa shape index (κ1) is 48.7. The molecule has 0 aromatic carbocycles. The minimum atomic E-state index is -2.15. The molecule has 292 valence electrons. The molecule has 0 bridgehead atoms. The molecule has 0 spiro atoms. The van der Waals surface area contributed by atoms with Gasteiger partial charge in [-0.15, -0.1) is 0 Å². The number of hydrogen-bond donors (Lipinski definition) is 0. The summed E-state index contributed by atoms with van der Waals surface area (Å²) in [5.74, 6) is -2.15. The van der Waals surface area contributed by atoms with E-state index in [4.69, 9.17) is 11.2 Å². The molecule has 0 atom stereocenters. The van der Waals surface area contributed by atoms with Crippen LogP contribution in [0.5, 0.6) is 0 Å². The summed E-state index contributed by atoms with van der Waals surface area (Å²) in [6, 6.07) is 0. The fourth-order valence-electron chi connectivity index (χ4n) is 8.29. The molecule has 0 heterocycles. The predicted molar refractivity (Wildman–Crippen MR) is 230 cm³/mol. The van der Waals surface area contributed by atoms with Gasteiger partial charge >= 0.3 is 261 Å². The van der Waals surface area contributed by atoms with Crippen molar-refractivity contribution in [2.45, 2.75) is 272 Å². The summed E-state index contributed by atoms with van der Waals surface area (Å²) < 4.78 is 0. The number of halogens is 1.